The average Bonchev–Trinajstić information content (AvgIpc) is 2.72. The zero-order valence-corrected chi connectivity index (χ0v) is 12.3. The van der Waals surface area contributed by atoms with Gasteiger partial charge in [0.15, 0.2) is 5.69 Å². The Morgan fingerprint density at radius 2 is 2.10 bits per heavy atom. The Labute approximate surface area is 122 Å². The van der Waals surface area contributed by atoms with Gasteiger partial charge in [0.2, 0.25) is 0 Å². The highest BCUT2D eigenvalue weighted by Gasteiger charge is 2.28. The fourth-order valence-corrected chi connectivity index (χ4v) is 2.33. The molecule has 0 radical (unpaired) electrons. The number of rotatable bonds is 3. The molecular weight excluding hydrogens is 278 g/mol. The molecule has 0 spiro atoms. The Hall–Kier alpha value is -1.88. The Bertz CT molecular complexity index is 644. The molecule has 0 bridgehead atoms. The van der Waals surface area contributed by atoms with Gasteiger partial charge in [-0.25, -0.2) is 9.48 Å². The van der Waals surface area contributed by atoms with Crippen LogP contribution in [0.3, 0.4) is 0 Å². The van der Waals surface area contributed by atoms with Gasteiger partial charge in [-0.15, -0.1) is 5.10 Å². The molecule has 0 fully saturated rings. The SMILES string of the molecule is CC(C)(C)c1c(C(=O)O)nnn1Cc1cccc(Cl)c1. The third kappa shape index (κ3) is 2.99. The number of carboxylic acids is 1. The Morgan fingerprint density at radius 1 is 1.40 bits per heavy atom. The smallest absolute Gasteiger partial charge is 0.358 e. The lowest BCUT2D eigenvalue weighted by molar-refractivity contribution is 0.0687. The van der Waals surface area contributed by atoms with E-state index in [0.717, 1.165) is 5.56 Å². The van der Waals surface area contributed by atoms with E-state index in [1.807, 2.05) is 39.0 Å². The maximum Gasteiger partial charge on any atom is 0.358 e. The molecule has 0 unspecified atom stereocenters. The van der Waals surface area contributed by atoms with E-state index in [4.69, 9.17) is 11.6 Å². The number of aromatic carboxylic acids is 1. The van der Waals surface area contributed by atoms with Crippen LogP contribution in [0.4, 0.5) is 0 Å². The summed E-state index contributed by atoms with van der Waals surface area (Å²) < 4.78 is 1.62. The largest absolute Gasteiger partial charge is 0.476 e. The van der Waals surface area contributed by atoms with E-state index >= 15 is 0 Å². The molecule has 1 aromatic carbocycles. The van der Waals surface area contributed by atoms with Crippen LogP contribution >= 0.6 is 11.6 Å². The lowest BCUT2D eigenvalue weighted by atomic mass is 9.90. The van der Waals surface area contributed by atoms with Gasteiger partial charge in [0.1, 0.15) is 0 Å². The predicted molar refractivity (Wildman–Crippen MR) is 76.2 cm³/mol. The molecule has 106 valence electrons. The standard InChI is InChI=1S/C14H16ClN3O2/c1-14(2,3)12-11(13(19)20)16-17-18(12)8-9-5-4-6-10(15)7-9/h4-7H,8H2,1-3H3,(H,19,20). The first kappa shape index (κ1) is 14.5. The number of benzene rings is 1. The summed E-state index contributed by atoms with van der Waals surface area (Å²) in [7, 11) is 0. The van der Waals surface area contributed by atoms with Gasteiger partial charge in [-0.05, 0) is 17.7 Å². The number of carboxylic acid groups (broad SMARTS) is 1. The van der Waals surface area contributed by atoms with Crippen LogP contribution in [0.25, 0.3) is 0 Å². The number of nitrogens with zero attached hydrogens (tertiary/aromatic N) is 3. The lowest BCUT2D eigenvalue weighted by Gasteiger charge is -2.20. The first-order valence-corrected chi connectivity index (χ1v) is 6.58. The summed E-state index contributed by atoms with van der Waals surface area (Å²) in [5.74, 6) is -1.06. The normalized spacial score (nSPS) is 11.6. The van der Waals surface area contributed by atoms with Crippen molar-refractivity contribution in [3.63, 3.8) is 0 Å². The van der Waals surface area contributed by atoms with E-state index in [1.165, 1.54) is 0 Å². The second-order valence-electron chi connectivity index (χ2n) is 5.63. The molecule has 20 heavy (non-hydrogen) atoms. The van der Waals surface area contributed by atoms with Crippen LogP contribution in [0.2, 0.25) is 5.02 Å². The van der Waals surface area contributed by atoms with Gasteiger partial charge in [-0.3, -0.25) is 0 Å². The Kier molecular flexibility index (Phi) is 3.81. The van der Waals surface area contributed by atoms with Crippen molar-refractivity contribution < 1.29 is 9.90 Å². The molecule has 0 aliphatic carbocycles. The summed E-state index contributed by atoms with van der Waals surface area (Å²) in [4.78, 5) is 11.3. The van der Waals surface area contributed by atoms with Crippen LogP contribution in [-0.4, -0.2) is 26.1 Å². The summed E-state index contributed by atoms with van der Waals surface area (Å²) in [5.41, 5.74) is 1.19. The van der Waals surface area contributed by atoms with E-state index in [-0.39, 0.29) is 11.1 Å². The Balaban J connectivity index is 2.45. The van der Waals surface area contributed by atoms with Crippen molar-refractivity contribution in [3.05, 3.63) is 46.2 Å². The first-order valence-electron chi connectivity index (χ1n) is 6.21. The van der Waals surface area contributed by atoms with Crippen molar-refractivity contribution in [3.8, 4) is 0 Å². The van der Waals surface area contributed by atoms with Gasteiger partial charge >= 0.3 is 5.97 Å². The van der Waals surface area contributed by atoms with Crippen LogP contribution in [0, 0.1) is 0 Å². The molecular formula is C14H16ClN3O2. The third-order valence-corrected chi connectivity index (χ3v) is 3.10. The van der Waals surface area contributed by atoms with Gasteiger partial charge in [0, 0.05) is 10.4 Å². The van der Waals surface area contributed by atoms with E-state index < -0.39 is 5.97 Å². The molecule has 1 heterocycles. The number of carbonyl (C=O) groups is 1. The molecule has 2 rings (SSSR count). The molecule has 0 saturated carbocycles. The lowest BCUT2D eigenvalue weighted by Crippen LogP contribution is -2.22. The molecule has 0 amide bonds. The highest BCUT2D eigenvalue weighted by Crippen LogP contribution is 2.25. The Morgan fingerprint density at radius 3 is 2.65 bits per heavy atom. The molecule has 1 aromatic heterocycles. The van der Waals surface area contributed by atoms with E-state index in [0.29, 0.717) is 17.3 Å². The van der Waals surface area contributed by atoms with Gasteiger partial charge in [0.05, 0.1) is 12.2 Å². The quantitative estimate of drug-likeness (QED) is 0.944. The summed E-state index contributed by atoms with van der Waals surface area (Å²) in [6.45, 7) is 6.25. The van der Waals surface area contributed by atoms with E-state index in [2.05, 4.69) is 10.3 Å². The minimum absolute atomic E-state index is 0.000437. The van der Waals surface area contributed by atoms with Crippen molar-refractivity contribution in [1.29, 1.82) is 0 Å². The number of halogens is 1. The zero-order valence-electron chi connectivity index (χ0n) is 11.6. The maximum absolute atomic E-state index is 11.3. The second kappa shape index (κ2) is 5.25. The molecule has 5 nitrogen and oxygen atoms in total. The van der Waals surface area contributed by atoms with Gasteiger partial charge in [-0.2, -0.15) is 0 Å². The predicted octanol–water partition coefficient (Wildman–Crippen LogP) is 2.98. The molecule has 2 aromatic rings. The van der Waals surface area contributed by atoms with E-state index in [1.54, 1.807) is 10.7 Å². The highest BCUT2D eigenvalue weighted by molar-refractivity contribution is 6.30. The molecule has 1 N–H and O–H groups in total. The highest BCUT2D eigenvalue weighted by atomic mass is 35.5. The molecule has 6 heteroatoms. The average molecular weight is 294 g/mol. The minimum Gasteiger partial charge on any atom is -0.476 e. The summed E-state index contributed by atoms with van der Waals surface area (Å²) in [6.07, 6.45) is 0. The summed E-state index contributed by atoms with van der Waals surface area (Å²) in [5, 5.41) is 17.6. The van der Waals surface area contributed by atoms with Crippen LogP contribution in [0.1, 0.15) is 42.5 Å². The number of hydrogen-bond donors (Lipinski definition) is 1. The van der Waals surface area contributed by atoms with Crippen molar-refractivity contribution in [2.45, 2.75) is 32.7 Å². The van der Waals surface area contributed by atoms with Gasteiger partial charge in [-0.1, -0.05) is 49.7 Å². The van der Waals surface area contributed by atoms with E-state index in [9.17, 15) is 9.90 Å². The first-order chi connectivity index (χ1) is 9.29. The molecule has 0 aliphatic rings. The molecule has 0 atom stereocenters. The van der Waals surface area contributed by atoms with Crippen LogP contribution in [0.15, 0.2) is 24.3 Å². The zero-order chi connectivity index (χ0) is 14.9. The van der Waals surface area contributed by atoms with Crippen molar-refractivity contribution >= 4 is 17.6 Å². The molecule has 0 aliphatic heterocycles. The monoisotopic (exact) mass is 293 g/mol. The minimum atomic E-state index is -1.06. The van der Waals surface area contributed by atoms with Crippen LogP contribution in [0.5, 0.6) is 0 Å². The second-order valence-corrected chi connectivity index (χ2v) is 6.07. The fraction of sp³-hybridized carbons (Fsp3) is 0.357. The number of aromatic nitrogens is 3. The topological polar surface area (TPSA) is 68.0 Å². The number of hydrogen-bond acceptors (Lipinski definition) is 3. The van der Waals surface area contributed by atoms with Crippen molar-refractivity contribution in [1.82, 2.24) is 15.0 Å². The summed E-state index contributed by atoms with van der Waals surface area (Å²) >= 11 is 5.96. The van der Waals surface area contributed by atoms with Crippen molar-refractivity contribution in [2.75, 3.05) is 0 Å². The van der Waals surface area contributed by atoms with Gasteiger partial charge in [0.25, 0.3) is 0 Å². The maximum atomic E-state index is 11.3. The molecule has 0 saturated heterocycles. The van der Waals surface area contributed by atoms with Crippen LogP contribution in [-0.2, 0) is 12.0 Å². The summed E-state index contributed by atoms with van der Waals surface area (Å²) in [6, 6.07) is 7.39. The fourth-order valence-electron chi connectivity index (χ4n) is 2.12. The van der Waals surface area contributed by atoms with Crippen molar-refractivity contribution in [2.24, 2.45) is 0 Å². The van der Waals surface area contributed by atoms with Gasteiger partial charge < -0.3 is 5.11 Å². The third-order valence-electron chi connectivity index (χ3n) is 2.87. The van der Waals surface area contributed by atoms with Crippen LogP contribution < -0.4 is 0 Å².